The van der Waals surface area contributed by atoms with Gasteiger partial charge in [-0.15, -0.1) is 0 Å². The Balaban J connectivity index is 1.44. The molecular formula is C24H36O2. The normalized spacial score (nSPS) is 35.5. The van der Waals surface area contributed by atoms with Gasteiger partial charge in [0.15, 0.2) is 0 Å². The van der Waals surface area contributed by atoms with Crippen LogP contribution in [0.1, 0.15) is 88.7 Å². The fourth-order valence-corrected chi connectivity index (χ4v) is 6.34. The van der Waals surface area contributed by atoms with Gasteiger partial charge in [-0.1, -0.05) is 39.2 Å². The Morgan fingerprint density at radius 3 is 2.85 bits per heavy atom. The molecule has 2 nitrogen and oxygen atoms in total. The smallest absolute Gasteiger partial charge is 0.119 e. The molecule has 4 rings (SSSR count). The first-order valence-electron chi connectivity index (χ1n) is 11.1. The van der Waals surface area contributed by atoms with Crippen molar-refractivity contribution in [3.8, 4) is 5.75 Å². The van der Waals surface area contributed by atoms with Crippen molar-refractivity contribution in [3.05, 3.63) is 29.3 Å². The lowest BCUT2D eigenvalue weighted by Crippen LogP contribution is -2.43. The zero-order valence-electron chi connectivity index (χ0n) is 16.7. The molecule has 144 valence electrons. The average Bonchev–Trinajstić information content (AvgIpc) is 2.96. The van der Waals surface area contributed by atoms with Crippen LogP contribution in [0.15, 0.2) is 18.2 Å². The molecule has 2 heteroatoms. The standard InChI is InChI=1S/C24H36O2/c1-3-4-5-6-15-26-18-8-10-19-17(16-18)7-9-21-20(19)13-14-24(2)22(21)11-12-23(24)25/h8,10,16,20-23,25H,3-7,9,11-15H2,1-2H3/t20-,21-,22+,23+,24+/m1/s1. The Morgan fingerprint density at radius 2 is 2.00 bits per heavy atom. The molecule has 0 saturated heterocycles. The molecule has 0 bridgehead atoms. The lowest BCUT2D eigenvalue weighted by molar-refractivity contribution is -0.0226. The van der Waals surface area contributed by atoms with Gasteiger partial charge >= 0.3 is 0 Å². The van der Waals surface area contributed by atoms with Crippen molar-refractivity contribution in [2.75, 3.05) is 6.61 Å². The van der Waals surface area contributed by atoms with Crippen LogP contribution in [0, 0.1) is 17.3 Å². The quantitative estimate of drug-likeness (QED) is 0.647. The first-order valence-corrected chi connectivity index (χ1v) is 11.1. The van der Waals surface area contributed by atoms with Crippen LogP contribution in [0.25, 0.3) is 0 Å². The summed E-state index contributed by atoms with van der Waals surface area (Å²) in [5, 5.41) is 10.5. The minimum atomic E-state index is -0.0710. The van der Waals surface area contributed by atoms with Crippen molar-refractivity contribution in [2.45, 2.75) is 90.1 Å². The van der Waals surface area contributed by atoms with Gasteiger partial charge < -0.3 is 9.84 Å². The molecule has 2 fully saturated rings. The number of hydrogen-bond acceptors (Lipinski definition) is 2. The van der Waals surface area contributed by atoms with E-state index < -0.39 is 0 Å². The van der Waals surface area contributed by atoms with Crippen molar-refractivity contribution < 1.29 is 9.84 Å². The van der Waals surface area contributed by atoms with Crippen LogP contribution in [-0.2, 0) is 6.42 Å². The number of fused-ring (bicyclic) bond motifs is 5. The second kappa shape index (κ2) is 7.54. The first-order chi connectivity index (χ1) is 12.6. The summed E-state index contributed by atoms with van der Waals surface area (Å²) in [6, 6.07) is 6.89. The number of aliphatic hydroxyl groups excluding tert-OH is 1. The van der Waals surface area contributed by atoms with Crippen LogP contribution in [0.3, 0.4) is 0 Å². The third-order valence-electron chi connectivity index (χ3n) is 7.91. The van der Waals surface area contributed by atoms with Crippen LogP contribution in [-0.4, -0.2) is 17.8 Å². The van der Waals surface area contributed by atoms with Crippen LogP contribution < -0.4 is 4.74 Å². The van der Waals surface area contributed by atoms with Gasteiger partial charge in [0, 0.05) is 0 Å². The highest BCUT2D eigenvalue weighted by Gasteiger charge is 2.54. The zero-order valence-corrected chi connectivity index (χ0v) is 16.7. The fraction of sp³-hybridized carbons (Fsp3) is 0.750. The van der Waals surface area contributed by atoms with E-state index >= 15 is 0 Å². The molecule has 1 aromatic carbocycles. The van der Waals surface area contributed by atoms with E-state index in [4.69, 9.17) is 4.74 Å². The Bertz CT molecular complexity index is 625. The minimum Gasteiger partial charge on any atom is -0.494 e. The Kier molecular flexibility index (Phi) is 5.32. The summed E-state index contributed by atoms with van der Waals surface area (Å²) in [4.78, 5) is 0. The van der Waals surface area contributed by atoms with Gasteiger partial charge in [-0.2, -0.15) is 0 Å². The number of aryl methyl sites for hydroxylation is 1. The second-order valence-electron chi connectivity index (χ2n) is 9.32. The number of unbranched alkanes of at least 4 members (excludes halogenated alkanes) is 3. The van der Waals surface area contributed by atoms with Crippen LogP contribution in [0.2, 0.25) is 0 Å². The molecule has 5 atom stereocenters. The highest BCUT2D eigenvalue weighted by Crippen LogP contribution is 2.60. The highest BCUT2D eigenvalue weighted by atomic mass is 16.5. The second-order valence-corrected chi connectivity index (χ2v) is 9.32. The largest absolute Gasteiger partial charge is 0.494 e. The van der Waals surface area contributed by atoms with Gasteiger partial charge in [-0.05, 0) is 91.4 Å². The predicted molar refractivity (Wildman–Crippen MR) is 107 cm³/mol. The van der Waals surface area contributed by atoms with Crippen molar-refractivity contribution >= 4 is 0 Å². The summed E-state index contributed by atoms with van der Waals surface area (Å²) < 4.78 is 6.02. The molecule has 2 saturated carbocycles. The van der Waals surface area contributed by atoms with Gasteiger partial charge in [0.2, 0.25) is 0 Å². The summed E-state index contributed by atoms with van der Waals surface area (Å²) >= 11 is 0. The van der Waals surface area contributed by atoms with Gasteiger partial charge in [-0.25, -0.2) is 0 Å². The van der Waals surface area contributed by atoms with E-state index in [1.54, 1.807) is 5.56 Å². The molecule has 0 aromatic heterocycles. The Morgan fingerprint density at radius 1 is 1.12 bits per heavy atom. The van der Waals surface area contributed by atoms with Crippen molar-refractivity contribution in [1.82, 2.24) is 0 Å². The van der Waals surface area contributed by atoms with E-state index in [1.807, 2.05) is 0 Å². The Hall–Kier alpha value is -1.02. The minimum absolute atomic E-state index is 0.0710. The molecule has 3 aliphatic carbocycles. The molecule has 0 amide bonds. The number of ether oxygens (including phenoxy) is 1. The Labute approximate surface area is 159 Å². The molecule has 0 radical (unpaired) electrons. The average molecular weight is 357 g/mol. The van der Waals surface area contributed by atoms with Crippen LogP contribution in [0.5, 0.6) is 5.75 Å². The topological polar surface area (TPSA) is 29.5 Å². The van der Waals surface area contributed by atoms with Gasteiger partial charge in [0.25, 0.3) is 0 Å². The zero-order chi connectivity index (χ0) is 18.1. The number of hydrogen-bond donors (Lipinski definition) is 1. The molecule has 0 heterocycles. The first kappa shape index (κ1) is 18.3. The maximum absolute atomic E-state index is 10.5. The van der Waals surface area contributed by atoms with Crippen LogP contribution in [0.4, 0.5) is 0 Å². The van der Waals surface area contributed by atoms with Crippen LogP contribution >= 0.6 is 0 Å². The van der Waals surface area contributed by atoms with E-state index in [0.29, 0.717) is 5.92 Å². The van der Waals surface area contributed by atoms with E-state index in [1.165, 1.54) is 56.9 Å². The van der Waals surface area contributed by atoms with E-state index in [9.17, 15) is 5.11 Å². The van der Waals surface area contributed by atoms with Gasteiger partial charge in [0.1, 0.15) is 5.75 Å². The number of benzene rings is 1. The molecule has 26 heavy (non-hydrogen) atoms. The van der Waals surface area contributed by atoms with Crippen molar-refractivity contribution in [2.24, 2.45) is 17.3 Å². The number of aliphatic hydroxyl groups is 1. The molecular weight excluding hydrogens is 320 g/mol. The summed E-state index contributed by atoms with van der Waals surface area (Å²) in [6.45, 7) is 5.46. The molecule has 1 N–H and O–H groups in total. The van der Waals surface area contributed by atoms with Crippen molar-refractivity contribution in [1.29, 1.82) is 0 Å². The third kappa shape index (κ3) is 3.19. The summed E-state index contributed by atoms with van der Waals surface area (Å²) in [5.41, 5.74) is 3.29. The SMILES string of the molecule is CCCCCCOc1ccc2c(c1)CC[C@@H]1[C@@H]2CC[C@]2(C)[C@@H](O)CC[C@@H]12. The maximum Gasteiger partial charge on any atom is 0.119 e. The molecule has 3 aliphatic rings. The molecule has 0 aliphatic heterocycles. The van der Waals surface area contributed by atoms with Gasteiger partial charge in [-0.3, -0.25) is 0 Å². The maximum atomic E-state index is 10.5. The van der Waals surface area contributed by atoms with Gasteiger partial charge in [0.05, 0.1) is 12.7 Å². The number of rotatable bonds is 6. The monoisotopic (exact) mass is 356 g/mol. The summed E-state index contributed by atoms with van der Waals surface area (Å²) in [6.07, 6.45) is 12.1. The lowest BCUT2D eigenvalue weighted by Gasteiger charge is -2.50. The summed E-state index contributed by atoms with van der Waals surface area (Å²) in [7, 11) is 0. The predicted octanol–water partition coefficient (Wildman–Crippen LogP) is 5.86. The van der Waals surface area contributed by atoms with E-state index in [-0.39, 0.29) is 11.5 Å². The van der Waals surface area contributed by atoms with Crippen molar-refractivity contribution in [3.63, 3.8) is 0 Å². The fourth-order valence-electron chi connectivity index (χ4n) is 6.34. The third-order valence-corrected chi connectivity index (χ3v) is 7.91. The van der Waals surface area contributed by atoms with E-state index in [2.05, 4.69) is 32.0 Å². The van der Waals surface area contributed by atoms with E-state index in [0.717, 1.165) is 37.0 Å². The summed E-state index contributed by atoms with van der Waals surface area (Å²) in [5.74, 6) is 3.27. The highest BCUT2D eigenvalue weighted by molar-refractivity contribution is 5.40. The molecule has 0 unspecified atom stereocenters. The lowest BCUT2D eigenvalue weighted by atomic mass is 9.55. The molecule has 0 spiro atoms. The molecule has 1 aromatic rings.